The predicted octanol–water partition coefficient (Wildman–Crippen LogP) is 2.66. The van der Waals surface area contributed by atoms with Crippen molar-refractivity contribution in [2.75, 3.05) is 5.32 Å². The van der Waals surface area contributed by atoms with Gasteiger partial charge in [-0.2, -0.15) is 13.2 Å². The first-order valence-corrected chi connectivity index (χ1v) is 5.62. The average molecular weight is 308 g/mol. The fraction of sp³-hybridized carbons (Fsp3) is 0.333. The first-order chi connectivity index (χ1) is 9.45. The van der Waals surface area contributed by atoms with E-state index in [1.54, 1.807) is 0 Å². The van der Waals surface area contributed by atoms with E-state index in [2.05, 4.69) is 0 Å². The minimum Gasteiger partial charge on any atom is -0.479 e. The number of carbonyl (C=O) groups excluding carboxylic acids is 1. The van der Waals surface area contributed by atoms with E-state index in [1.165, 1.54) is 18.3 Å². The summed E-state index contributed by atoms with van der Waals surface area (Å²) in [4.78, 5) is 22.2. The molecule has 2 amide bonds. The summed E-state index contributed by atoms with van der Waals surface area (Å²) in [6, 6.07) is 1.94. The lowest BCUT2D eigenvalue weighted by molar-refractivity contribution is -0.203. The molecule has 1 aromatic carbocycles. The van der Waals surface area contributed by atoms with Crippen molar-refractivity contribution in [3.63, 3.8) is 0 Å². The molecule has 0 saturated carbocycles. The zero-order valence-corrected chi connectivity index (χ0v) is 11.0. The summed E-state index contributed by atoms with van der Waals surface area (Å²) < 4.78 is 51.2. The highest BCUT2D eigenvalue weighted by Crippen LogP contribution is 2.30. The summed E-state index contributed by atoms with van der Waals surface area (Å²) in [5.74, 6) is -2.96. The van der Waals surface area contributed by atoms with Crippen LogP contribution in [0.25, 0.3) is 0 Å². The molecule has 0 fully saturated rings. The molecule has 1 unspecified atom stereocenters. The van der Waals surface area contributed by atoms with E-state index in [-0.39, 0.29) is 5.69 Å². The molecule has 3 N–H and O–H groups in total. The zero-order chi connectivity index (χ0) is 16.4. The Balaban J connectivity index is 2.92. The molecule has 0 radical (unpaired) electrons. The molecule has 1 atom stereocenters. The zero-order valence-electron chi connectivity index (χ0n) is 11.0. The van der Waals surface area contributed by atoms with E-state index in [4.69, 9.17) is 5.11 Å². The van der Waals surface area contributed by atoms with Crippen molar-refractivity contribution in [1.29, 1.82) is 0 Å². The number of urea groups is 1. The lowest BCUT2D eigenvalue weighted by Gasteiger charge is -2.28. The number of anilines is 1. The van der Waals surface area contributed by atoms with Crippen LogP contribution in [0.1, 0.15) is 12.5 Å². The molecule has 0 spiro atoms. The van der Waals surface area contributed by atoms with Gasteiger partial charge >= 0.3 is 18.2 Å². The van der Waals surface area contributed by atoms with Crippen molar-refractivity contribution in [3.05, 3.63) is 29.6 Å². The molecule has 21 heavy (non-hydrogen) atoms. The molecule has 0 aliphatic rings. The maximum absolute atomic E-state index is 13.1. The van der Waals surface area contributed by atoms with Crippen LogP contribution in [0, 0.1) is 12.7 Å². The average Bonchev–Trinajstić information content (AvgIpc) is 2.24. The third-order valence-corrected chi connectivity index (χ3v) is 2.66. The van der Waals surface area contributed by atoms with E-state index in [9.17, 15) is 27.2 Å². The standard InChI is InChI=1S/C12H12F4N2O3/c1-6-3-7(13)5-8(4-6)17-10(21)18-11(2,9(19)20)12(14,15)16/h3-5H,1-2H3,(H,19,20)(H2,17,18,21). The summed E-state index contributed by atoms with van der Waals surface area (Å²) in [6.45, 7) is 1.83. The van der Waals surface area contributed by atoms with Gasteiger partial charge in [0.1, 0.15) is 5.82 Å². The van der Waals surface area contributed by atoms with Crippen LogP contribution in [0.2, 0.25) is 0 Å². The Morgan fingerprint density at radius 2 is 1.76 bits per heavy atom. The number of aliphatic carboxylic acids is 1. The molecule has 0 heterocycles. The number of benzene rings is 1. The lowest BCUT2D eigenvalue weighted by atomic mass is 10.0. The number of amides is 2. The number of rotatable bonds is 3. The minimum atomic E-state index is -5.20. The van der Waals surface area contributed by atoms with Crippen LogP contribution >= 0.6 is 0 Å². The van der Waals surface area contributed by atoms with Crippen LogP contribution in [0.3, 0.4) is 0 Å². The van der Waals surface area contributed by atoms with Gasteiger partial charge in [-0.25, -0.2) is 14.0 Å². The molecule has 5 nitrogen and oxygen atoms in total. The number of nitrogens with one attached hydrogen (secondary N) is 2. The SMILES string of the molecule is Cc1cc(F)cc(NC(=O)NC(C)(C(=O)O)C(F)(F)F)c1. The Kier molecular flexibility index (Phi) is 4.45. The molecule has 1 aromatic rings. The van der Waals surface area contributed by atoms with Crippen molar-refractivity contribution < 1.29 is 32.3 Å². The molecule has 9 heteroatoms. The number of hydrogen-bond donors (Lipinski definition) is 3. The van der Waals surface area contributed by atoms with Gasteiger partial charge in [-0.3, -0.25) is 0 Å². The van der Waals surface area contributed by atoms with Crippen LogP contribution in [-0.4, -0.2) is 28.8 Å². The molecule has 0 bridgehead atoms. The number of carboxylic acids is 1. The molecular formula is C12H12F4N2O3. The topological polar surface area (TPSA) is 78.4 Å². The van der Waals surface area contributed by atoms with Gasteiger partial charge in [-0.05, 0) is 37.6 Å². The molecule has 0 saturated heterocycles. The summed E-state index contributed by atoms with van der Waals surface area (Å²) >= 11 is 0. The quantitative estimate of drug-likeness (QED) is 0.751. The second-order valence-corrected chi connectivity index (χ2v) is 4.52. The highest BCUT2D eigenvalue weighted by atomic mass is 19.4. The molecule has 1 rings (SSSR count). The normalized spacial score (nSPS) is 14.2. The van der Waals surface area contributed by atoms with Gasteiger partial charge < -0.3 is 15.7 Å². The molecule has 116 valence electrons. The van der Waals surface area contributed by atoms with Crippen LogP contribution in [0.15, 0.2) is 18.2 Å². The Hall–Kier alpha value is -2.32. The van der Waals surface area contributed by atoms with Crippen molar-refractivity contribution in [1.82, 2.24) is 5.32 Å². The fourth-order valence-corrected chi connectivity index (χ4v) is 1.44. The first-order valence-electron chi connectivity index (χ1n) is 5.62. The number of alkyl halides is 3. The Bertz CT molecular complexity index is 554. The van der Waals surface area contributed by atoms with Crippen molar-refractivity contribution in [2.45, 2.75) is 25.6 Å². The Morgan fingerprint density at radius 3 is 2.19 bits per heavy atom. The molecule has 0 aromatic heterocycles. The highest BCUT2D eigenvalue weighted by molar-refractivity contribution is 5.94. The van der Waals surface area contributed by atoms with Gasteiger partial charge in [0, 0.05) is 5.69 Å². The maximum Gasteiger partial charge on any atom is 0.422 e. The minimum absolute atomic E-state index is 0.0973. The van der Waals surface area contributed by atoms with E-state index < -0.39 is 29.5 Å². The lowest BCUT2D eigenvalue weighted by Crippen LogP contribution is -2.62. The number of carbonyl (C=O) groups is 2. The largest absolute Gasteiger partial charge is 0.479 e. The molecular weight excluding hydrogens is 296 g/mol. The van der Waals surface area contributed by atoms with Gasteiger partial charge in [-0.15, -0.1) is 0 Å². The van der Waals surface area contributed by atoms with Gasteiger partial charge in [-0.1, -0.05) is 0 Å². The summed E-state index contributed by atoms with van der Waals surface area (Å²) in [7, 11) is 0. The molecule has 0 aliphatic carbocycles. The van der Waals surface area contributed by atoms with E-state index in [1.807, 2.05) is 5.32 Å². The van der Waals surface area contributed by atoms with Gasteiger partial charge in [0.15, 0.2) is 0 Å². The van der Waals surface area contributed by atoms with Crippen LogP contribution < -0.4 is 10.6 Å². The maximum atomic E-state index is 13.1. The van der Waals surface area contributed by atoms with Crippen LogP contribution in [-0.2, 0) is 4.79 Å². The summed E-state index contributed by atoms with van der Waals surface area (Å²) in [5, 5.41) is 11.9. The first kappa shape index (κ1) is 16.7. The second-order valence-electron chi connectivity index (χ2n) is 4.52. The number of carboxylic acid groups (broad SMARTS) is 1. The predicted molar refractivity (Wildman–Crippen MR) is 65.4 cm³/mol. The Morgan fingerprint density at radius 1 is 1.19 bits per heavy atom. The highest BCUT2D eigenvalue weighted by Gasteiger charge is 2.58. The van der Waals surface area contributed by atoms with Crippen molar-refractivity contribution in [3.8, 4) is 0 Å². The third-order valence-electron chi connectivity index (χ3n) is 2.66. The summed E-state index contributed by atoms with van der Waals surface area (Å²) in [6.07, 6.45) is -5.20. The number of halogens is 4. The monoisotopic (exact) mass is 308 g/mol. The van der Waals surface area contributed by atoms with E-state index in [0.29, 0.717) is 12.5 Å². The van der Waals surface area contributed by atoms with E-state index in [0.717, 1.165) is 12.1 Å². The van der Waals surface area contributed by atoms with E-state index >= 15 is 0 Å². The van der Waals surface area contributed by atoms with Crippen LogP contribution in [0.5, 0.6) is 0 Å². The van der Waals surface area contributed by atoms with Gasteiger partial charge in [0.05, 0.1) is 0 Å². The van der Waals surface area contributed by atoms with Gasteiger partial charge in [0.25, 0.3) is 0 Å². The van der Waals surface area contributed by atoms with Crippen LogP contribution in [0.4, 0.5) is 28.0 Å². The number of aryl methyl sites for hydroxylation is 1. The van der Waals surface area contributed by atoms with Crippen molar-refractivity contribution in [2.24, 2.45) is 0 Å². The van der Waals surface area contributed by atoms with Gasteiger partial charge in [0.2, 0.25) is 5.54 Å². The fourth-order valence-electron chi connectivity index (χ4n) is 1.44. The second kappa shape index (κ2) is 5.58. The smallest absolute Gasteiger partial charge is 0.422 e. The Labute approximate surface area is 117 Å². The summed E-state index contributed by atoms with van der Waals surface area (Å²) in [5.41, 5.74) is -3.12. The van der Waals surface area contributed by atoms with Crippen molar-refractivity contribution >= 4 is 17.7 Å². The molecule has 0 aliphatic heterocycles. The number of hydrogen-bond acceptors (Lipinski definition) is 2. The third kappa shape index (κ3) is 3.83.